The van der Waals surface area contributed by atoms with E-state index >= 15 is 0 Å². The molecule has 0 bridgehead atoms. The predicted octanol–water partition coefficient (Wildman–Crippen LogP) is 2.07. The first-order valence-electron chi connectivity index (χ1n) is 5.18. The number of nitrogens with zero attached hydrogens (tertiary/aromatic N) is 1. The second-order valence-corrected chi connectivity index (χ2v) is 3.64. The number of aliphatic hydroxyl groups excluding tert-OH is 1. The van der Waals surface area contributed by atoms with Gasteiger partial charge in [0.15, 0.2) is 0 Å². The Hall–Kier alpha value is -1.54. The molecule has 0 fully saturated rings. The second-order valence-electron chi connectivity index (χ2n) is 3.64. The minimum atomic E-state index is 0.194. The highest BCUT2D eigenvalue weighted by Gasteiger charge is 1.97. The Bertz CT molecular complexity index is 405. The molecule has 0 spiro atoms. The number of benzene rings is 1. The summed E-state index contributed by atoms with van der Waals surface area (Å²) in [4.78, 5) is 0. The van der Waals surface area contributed by atoms with Gasteiger partial charge in [-0.25, -0.2) is 0 Å². The normalized spacial score (nSPS) is 10.5. The minimum Gasteiger partial charge on any atom is -0.395 e. The van der Waals surface area contributed by atoms with Crippen molar-refractivity contribution in [2.75, 3.05) is 6.61 Å². The Morgan fingerprint density at radius 2 is 1.80 bits per heavy atom. The lowest BCUT2D eigenvalue weighted by atomic mass is 10.1. The molecule has 0 saturated heterocycles. The second kappa shape index (κ2) is 4.80. The van der Waals surface area contributed by atoms with Crippen molar-refractivity contribution in [2.24, 2.45) is 0 Å². The van der Waals surface area contributed by atoms with Crippen LogP contribution < -0.4 is 0 Å². The number of hydrogen-bond donors (Lipinski definition) is 1. The van der Waals surface area contributed by atoms with Crippen LogP contribution in [0.5, 0.6) is 0 Å². The summed E-state index contributed by atoms with van der Waals surface area (Å²) < 4.78 is 2.01. The third-order valence-electron chi connectivity index (χ3n) is 2.42. The van der Waals surface area contributed by atoms with Gasteiger partial charge >= 0.3 is 0 Å². The summed E-state index contributed by atoms with van der Waals surface area (Å²) in [6.45, 7) is 0.869. The van der Waals surface area contributed by atoms with Gasteiger partial charge in [-0.3, -0.25) is 0 Å². The van der Waals surface area contributed by atoms with E-state index in [9.17, 15) is 0 Å². The average molecular weight is 201 g/mol. The first-order chi connectivity index (χ1) is 7.38. The fourth-order valence-electron chi connectivity index (χ4n) is 1.68. The molecule has 2 aromatic rings. The van der Waals surface area contributed by atoms with Gasteiger partial charge in [0.2, 0.25) is 0 Å². The monoisotopic (exact) mass is 201 g/mol. The summed E-state index contributed by atoms with van der Waals surface area (Å²) in [5.41, 5.74) is 2.61. The van der Waals surface area contributed by atoms with E-state index < -0.39 is 0 Å². The summed E-state index contributed by atoms with van der Waals surface area (Å²) in [6.07, 6.45) is 5.05. The van der Waals surface area contributed by atoms with Gasteiger partial charge < -0.3 is 9.67 Å². The van der Waals surface area contributed by atoms with Gasteiger partial charge in [-0.05, 0) is 23.6 Å². The van der Waals surface area contributed by atoms with E-state index in [0.717, 1.165) is 6.42 Å². The first kappa shape index (κ1) is 9.99. The highest BCUT2D eigenvalue weighted by atomic mass is 16.3. The van der Waals surface area contributed by atoms with Gasteiger partial charge in [-0.1, -0.05) is 30.3 Å². The van der Waals surface area contributed by atoms with Crippen molar-refractivity contribution < 1.29 is 5.11 Å². The molecule has 2 rings (SSSR count). The number of aromatic nitrogens is 1. The largest absolute Gasteiger partial charge is 0.395 e. The van der Waals surface area contributed by atoms with E-state index in [1.807, 2.05) is 16.8 Å². The van der Waals surface area contributed by atoms with Crippen LogP contribution in [0.25, 0.3) is 0 Å². The van der Waals surface area contributed by atoms with Crippen LogP contribution in [-0.2, 0) is 13.0 Å². The fourth-order valence-corrected chi connectivity index (χ4v) is 1.68. The van der Waals surface area contributed by atoms with Crippen LogP contribution in [0.3, 0.4) is 0 Å². The van der Waals surface area contributed by atoms with Crippen molar-refractivity contribution in [3.8, 4) is 0 Å². The molecule has 0 aliphatic rings. The van der Waals surface area contributed by atoms with Crippen LogP contribution in [-0.4, -0.2) is 16.3 Å². The molecule has 2 heteroatoms. The number of aliphatic hydroxyl groups is 1. The van der Waals surface area contributed by atoms with Gasteiger partial charge in [0.05, 0.1) is 6.61 Å². The predicted molar refractivity (Wildman–Crippen MR) is 60.8 cm³/mol. The fraction of sp³-hybridized carbons (Fsp3) is 0.231. The summed E-state index contributed by atoms with van der Waals surface area (Å²) in [7, 11) is 0. The lowest BCUT2D eigenvalue weighted by molar-refractivity contribution is 0.276. The Labute approximate surface area is 89.8 Å². The van der Waals surface area contributed by atoms with E-state index in [-0.39, 0.29) is 6.61 Å². The standard InChI is InChI=1S/C13H15NO/c15-9-8-14-7-6-13(11-14)10-12-4-2-1-3-5-12/h1-7,11,15H,8-10H2. The van der Waals surface area contributed by atoms with Crippen molar-refractivity contribution in [3.63, 3.8) is 0 Å². The van der Waals surface area contributed by atoms with E-state index in [1.54, 1.807) is 0 Å². The molecule has 1 heterocycles. The molecular formula is C13H15NO. The Kier molecular flexibility index (Phi) is 3.20. The van der Waals surface area contributed by atoms with Crippen molar-refractivity contribution >= 4 is 0 Å². The van der Waals surface area contributed by atoms with Crippen molar-refractivity contribution in [3.05, 3.63) is 59.9 Å². The highest BCUT2D eigenvalue weighted by Crippen LogP contribution is 2.09. The van der Waals surface area contributed by atoms with Crippen LogP contribution in [0.1, 0.15) is 11.1 Å². The van der Waals surface area contributed by atoms with Gasteiger partial charge in [-0.15, -0.1) is 0 Å². The third kappa shape index (κ3) is 2.70. The topological polar surface area (TPSA) is 25.2 Å². The van der Waals surface area contributed by atoms with Crippen molar-refractivity contribution in [2.45, 2.75) is 13.0 Å². The summed E-state index contributed by atoms with van der Waals surface area (Å²) in [6, 6.07) is 12.5. The Balaban J connectivity index is 2.05. The zero-order valence-corrected chi connectivity index (χ0v) is 8.63. The molecule has 1 aromatic heterocycles. The molecule has 0 unspecified atom stereocenters. The van der Waals surface area contributed by atoms with Gasteiger partial charge in [0.25, 0.3) is 0 Å². The third-order valence-corrected chi connectivity index (χ3v) is 2.42. The van der Waals surface area contributed by atoms with Gasteiger partial charge in [0, 0.05) is 18.9 Å². The number of rotatable bonds is 4. The molecule has 15 heavy (non-hydrogen) atoms. The first-order valence-corrected chi connectivity index (χ1v) is 5.18. The van der Waals surface area contributed by atoms with E-state index in [2.05, 4.69) is 36.5 Å². The quantitative estimate of drug-likeness (QED) is 0.805. The molecule has 0 radical (unpaired) electrons. The zero-order valence-electron chi connectivity index (χ0n) is 8.63. The molecule has 0 amide bonds. The van der Waals surface area contributed by atoms with Crippen LogP contribution >= 0.6 is 0 Å². The van der Waals surface area contributed by atoms with Crippen molar-refractivity contribution in [1.82, 2.24) is 4.57 Å². The summed E-state index contributed by atoms with van der Waals surface area (Å²) >= 11 is 0. The maximum atomic E-state index is 8.80. The average Bonchev–Trinajstić information content (AvgIpc) is 2.68. The smallest absolute Gasteiger partial charge is 0.0610 e. The molecular weight excluding hydrogens is 186 g/mol. The van der Waals surface area contributed by atoms with E-state index in [1.165, 1.54) is 11.1 Å². The maximum Gasteiger partial charge on any atom is 0.0610 e. The van der Waals surface area contributed by atoms with E-state index in [0.29, 0.717) is 6.54 Å². The lowest BCUT2D eigenvalue weighted by Gasteiger charge is -1.99. The van der Waals surface area contributed by atoms with Gasteiger partial charge in [0.1, 0.15) is 0 Å². The lowest BCUT2D eigenvalue weighted by Crippen LogP contribution is -1.98. The maximum absolute atomic E-state index is 8.80. The summed E-state index contributed by atoms with van der Waals surface area (Å²) in [5.74, 6) is 0. The van der Waals surface area contributed by atoms with Crippen LogP contribution in [0.15, 0.2) is 48.8 Å². The van der Waals surface area contributed by atoms with Gasteiger partial charge in [-0.2, -0.15) is 0 Å². The molecule has 1 aromatic carbocycles. The molecule has 0 saturated carbocycles. The molecule has 0 atom stereocenters. The molecule has 2 nitrogen and oxygen atoms in total. The zero-order chi connectivity index (χ0) is 10.5. The van der Waals surface area contributed by atoms with Crippen molar-refractivity contribution in [1.29, 1.82) is 0 Å². The van der Waals surface area contributed by atoms with Crippen LogP contribution in [0, 0.1) is 0 Å². The molecule has 78 valence electrons. The van der Waals surface area contributed by atoms with Crippen LogP contribution in [0.2, 0.25) is 0 Å². The Morgan fingerprint density at radius 3 is 2.53 bits per heavy atom. The van der Waals surface area contributed by atoms with E-state index in [4.69, 9.17) is 5.11 Å². The molecule has 0 aliphatic heterocycles. The minimum absolute atomic E-state index is 0.194. The summed E-state index contributed by atoms with van der Waals surface area (Å²) in [5, 5.41) is 8.80. The number of hydrogen-bond acceptors (Lipinski definition) is 1. The highest BCUT2D eigenvalue weighted by molar-refractivity contribution is 5.24. The molecule has 1 N–H and O–H groups in total. The molecule has 0 aliphatic carbocycles. The van der Waals surface area contributed by atoms with Crippen LogP contribution in [0.4, 0.5) is 0 Å². The Morgan fingerprint density at radius 1 is 1.00 bits per heavy atom. The SMILES string of the molecule is OCCn1ccc(Cc2ccccc2)c1.